The third-order valence-electron chi connectivity index (χ3n) is 2.79. The van der Waals surface area contributed by atoms with E-state index in [0.29, 0.717) is 6.61 Å². The van der Waals surface area contributed by atoms with Gasteiger partial charge in [-0.1, -0.05) is 6.92 Å². The maximum Gasteiger partial charge on any atom is 0.147 e. The number of nitrogens with two attached hydrogens (primary N) is 1. The van der Waals surface area contributed by atoms with Crippen LogP contribution in [-0.4, -0.2) is 12.6 Å². The standard InChI is InChI=1S/C15H19Br2NO/c1-3-5-6-7-19-15-13(16)9-11(10-14(15)17)8-12(18)4-2/h1,9-10,12H,4-8,18H2,2H3. The number of ether oxygens (including phenoxy) is 1. The van der Waals surface area contributed by atoms with Crippen molar-refractivity contribution in [2.24, 2.45) is 5.73 Å². The van der Waals surface area contributed by atoms with Crippen molar-refractivity contribution in [3.8, 4) is 18.1 Å². The highest BCUT2D eigenvalue weighted by atomic mass is 79.9. The van der Waals surface area contributed by atoms with E-state index in [1.54, 1.807) is 0 Å². The summed E-state index contributed by atoms with van der Waals surface area (Å²) in [7, 11) is 0. The van der Waals surface area contributed by atoms with E-state index in [-0.39, 0.29) is 6.04 Å². The van der Waals surface area contributed by atoms with Crippen molar-refractivity contribution in [2.75, 3.05) is 6.61 Å². The normalized spacial score (nSPS) is 11.9. The number of rotatable bonds is 7. The van der Waals surface area contributed by atoms with Crippen molar-refractivity contribution >= 4 is 31.9 Å². The van der Waals surface area contributed by atoms with Crippen LogP contribution >= 0.6 is 31.9 Å². The molecule has 104 valence electrons. The van der Waals surface area contributed by atoms with Gasteiger partial charge in [0.05, 0.1) is 15.6 Å². The Morgan fingerprint density at radius 2 is 2.00 bits per heavy atom. The van der Waals surface area contributed by atoms with Gasteiger partial charge >= 0.3 is 0 Å². The van der Waals surface area contributed by atoms with E-state index in [2.05, 4.69) is 56.8 Å². The quantitative estimate of drug-likeness (QED) is 0.558. The Labute approximate surface area is 132 Å². The Balaban J connectivity index is 2.71. The fourth-order valence-corrected chi connectivity index (χ4v) is 3.17. The molecule has 0 aliphatic heterocycles. The van der Waals surface area contributed by atoms with Crippen LogP contribution in [0.5, 0.6) is 5.75 Å². The second-order valence-electron chi connectivity index (χ2n) is 4.42. The van der Waals surface area contributed by atoms with E-state index in [9.17, 15) is 0 Å². The van der Waals surface area contributed by atoms with Crippen LogP contribution < -0.4 is 10.5 Å². The summed E-state index contributed by atoms with van der Waals surface area (Å²) in [6.07, 6.45) is 8.64. The summed E-state index contributed by atoms with van der Waals surface area (Å²) in [6.45, 7) is 2.72. The van der Waals surface area contributed by atoms with Gasteiger partial charge in [0.15, 0.2) is 0 Å². The van der Waals surface area contributed by atoms with Gasteiger partial charge in [0.25, 0.3) is 0 Å². The molecule has 0 saturated carbocycles. The van der Waals surface area contributed by atoms with E-state index >= 15 is 0 Å². The molecule has 0 heterocycles. The molecule has 0 fully saturated rings. The van der Waals surface area contributed by atoms with Gasteiger partial charge in [-0.2, -0.15) is 0 Å². The summed E-state index contributed by atoms with van der Waals surface area (Å²) in [6, 6.07) is 4.33. The van der Waals surface area contributed by atoms with Gasteiger partial charge in [0.2, 0.25) is 0 Å². The molecule has 1 atom stereocenters. The van der Waals surface area contributed by atoms with Gasteiger partial charge in [0, 0.05) is 12.5 Å². The van der Waals surface area contributed by atoms with Crippen LogP contribution in [0.15, 0.2) is 21.1 Å². The molecule has 19 heavy (non-hydrogen) atoms. The first-order valence-corrected chi connectivity index (χ1v) is 7.96. The van der Waals surface area contributed by atoms with E-state index < -0.39 is 0 Å². The van der Waals surface area contributed by atoms with Crippen LogP contribution in [0.3, 0.4) is 0 Å². The van der Waals surface area contributed by atoms with Crippen LogP contribution in [-0.2, 0) is 6.42 Å². The molecule has 2 nitrogen and oxygen atoms in total. The van der Waals surface area contributed by atoms with Gasteiger partial charge in [0.1, 0.15) is 5.75 Å². The number of hydrogen-bond acceptors (Lipinski definition) is 2. The second kappa shape index (κ2) is 8.63. The smallest absolute Gasteiger partial charge is 0.147 e. The zero-order valence-electron chi connectivity index (χ0n) is 11.1. The third kappa shape index (κ3) is 5.56. The van der Waals surface area contributed by atoms with Crippen molar-refractivity contribution in [1.82, 2.24) is 0 Å². The first kappa shape index (κ1) is 16.6. The zero-order chi connectivity index (χ0) is 14.3. The van der Waals surface area contributed by atoms with Gasteiger partial charge in [-0.3, -0.25) is 0 Å². The largest absolute Gasteiger partial charge is 0.491 e. The summed E-state index contributed by atoms with van der Waals surface area (Å²) in [5.74, 6) is 3.43. The lowest BCUT2D eigenvalue weighted by Gasteiger charge is -2.14. The Morgan fingerprint density at radius 1 is 1.37 bits per heavy atom. The molecule has 1 aromatic rings. The lowest BCUT2D eigenvalue weighted by Crippen LogP contribution is -2.21. The molecule has 0 aromatic heterocycles. The zero-order valence-corrected chi connectivity index (χ0v) is 14.3. The predicted molar refractivity (Wildman–Crippen MR) is 87.4 cm³/mol. The molecule has 1 rings (SSSR count). The lowest BCUT2D eigenvalue weighted by molar-refractivity contribution is 0.309. The highest BCUT2D eigenvalue weighted by Gasteiger charge is 2.10. The minimum absolute atomic E-state index is 0.196. The Hall–Kier alpha value is -0.500. The molecule has 4 heteroatoms. The van der Waals surface area contributed by atoms with E-state index in [1.165, 1.54) is 5.56 Å². The monoisotopic (exact) mass is 387 g/mol. The highest BCUT2D eigenvalue weighted by molar-refractivity contribution is 9.11. The minimum atomic E-state index is 0.196. The molecule has 0 aliphatic carbocycles. The Kier molecular flexibility index (Phi) is 7.52. The maximum absolute atomic E-state index is 5.98. The fourth-order valence-electron chi connectivity index (χ4n) is 1.66. The molecule has 1 aromatic carbocycles. The fraction of sp³-hybridized carbons (Fsp3) is 0.467. The first-order valence-electron chi connectivity index (χ1n) is 6.38. The second-order valence-corrected chi connectivity index (χ2v) is 6.13. The van der Waals surface area contributed by atoms with Gasteiger partial charge in [-0.15, -0.1) is 12.3 Å². The van der Waals surface area contributed by atoms with Gasteiger partial charge < -0.3 is 10.5 Å². The maximum atomic E-state index is 5.98. The molecular weight excluding hydrogens is 370 g/mol. The van der Waals surface area contributed by atoms with Crippen LogP contribution in [0, 0.1) is 12.3 Å². The summed E-state index contributed by atoms with van der Waals surface area (Å²) in [5.41, 5.74) is 7.17. The van der Waals surface area contributed by atoms with Crippen molar-refractivity contribution < 1.29 is 4.74 Å². The summed E-state index contributed by atoms with van der Waals surface area (Å²) in [4.78, 5) is 0. The van der Waals surface area contributed by atoms with E-state index in [0.717, 1.165) is 40.4 Å². The van der Waals surface area contributed by atoms with Gasteiger partial charge in [-0.05, 0) is 68.8 Å². The van der Waals surface area contributed by atoms with Crippen LogP contribution in [0.1, 0.15) is 31.7 Å². The van der Waals surface area contributed by atoms with Crippen molar-refractivity contribution in [2.45, 2.75) is 38.6 Å². The van der Waals surface area contributed by atoms with E-state index in [1.807, 2.05) is 0 Å². The van der Waals surface area contributed by atoms with Crippen LogP contribution in [0.25, 0.3) is 0 Å². The molecule has 0 amide bonds. The van der Waals surface area contributed by atoms with E-state index in [4.69, 9.17) is 16.9 Å². The topological polar surface area (TPSA) is 35.2 Å². The molecular formula is C15H19Br2NO. The molecule has 0 radical (unpaired) electrons. The lowest BCUT2D eigenvalue weighted by atomic mass is 10.0. The first-order chi connectivity index (χ1) is 9.08. The number of halogens is 2. The van der Waals surface area contributed by atoms with Gasteiger partial charge in [-0.25, -0.2) is 0 Å². The van der Waals surface area contributed by atoms with Crippen LogP contribution in [0.2, 0.25) is 0 Å². The number of terminal acetylenes is 1. The molecule has 0 bridgehead atoms. The van der Waals surface area contributed by atoms with Crippen molar-refractivity contribution in [3.63, 3.8) is 0 Å². The minimum Gasteiger partial charge on any atom is -0.491 e. The molecule has 0 aliphatic rings. The summed E-state index contributed by atoms with van der Waals surface area (Å²) < 4.78 is 7.63. The Morgan fingerprint density at radius 3 is 2.53 bits per heavy atom. The van der Waals surface area contributed by atoms with Crippen molar-refractivity contribution in [3.05, 3.63) is 26.6 Å². The summed E-state index contributed by atoms with van der Waals surface area (Å²) >= 11 is 7.09. The number of benzene rings is 1. The van der Waals surface area contributed by atoms with Crippen molar-refractivity contribution in [1.29, 1.82) is 0 Å². The highest BCUT2D eigenvalue weighted by Crippen LogP contribution is 2.35. The molecule has 0 spiro atoms. The number of unbranched alkanes of at least 4 members (excludes halogenated alkanes) is 1. The SMILES string of the molecule is C#CCCCOc1c(Br)cc(CC(N)CC)cc1Br. The predicted octanol–water partition coefficient (Wildman–Crippen LogP) is 4.28. The molecule has 1 unspecified atom stereocenters. The third-order valence-corrected chi connectivity index (χ3v) is 3.97. The summed E-state index contributed by atoms with van der Waals surface area (Å²) in [5, 5.41) is 0. The Bertz CT molecular complexity index is 431. The average Bonchev–Trinajstić information content (AvgIpc) is 2.37. The molecule has 0 saturated heterocycles. The molecule has 2 N–H and O–H groups in total. The number of hydrogen-bond donors (Lipinski definition) is 1. The van der Waals surface area contributed by atoms with Crippen LogP contribution in [0.4, 0.5) is 0 Å². The average molecular weight is 389 g/mol.